The quantitative estimate of drug-likeness (QED) is 0.146. The molecule has 6 nitrogen and oxygen atoms in total. The molecule has 219 valence electrons. The number of nitrogens with zero attached hydrogens (tertiary/aromatic N) is 3. The van der Waals surface area contributed by atoms with Crippen LogP contribution in [0.5, 0.6) is 0 Å². The van der Waals surface area contributed by atoms with Crippen molar-refractivity contribution in [3.05, 3.63) is 103 Å². The van der Waals surface area contributed by atoms with Gasteiger partial charge in [0.25, 0.3) is 0 Å². The van der Waals surface area contributed by atoms with Crippen LogP contribution in [0.2, 0.25) is 0 Å². The van der Waals surface area contributed by atoms with E-state index in [-0.39, 0.29) is 61.1 Å². The molecule has 1 saturated heterocycles. The normalized spacial score (nSPS) is 17.5. The van der Waals surface area contributed by atoms with Crippen LogP contribution < -0.4 is 9.80 Å². The van der Waals surface area contributed by atoms with E-state index >= 15 is 0 Å². The average molecular weight is 613 g/mol. The van der Waals surface area contributed by atoms with E-state index in [4.69, 9.17) is 0 Å². The Morgan fingerprint density at radius 1 is 1.10 bits per heavy atom. The molecule has 2 atom stereocenters. The number of amides is 2. The Morgan fingerprint density at radius 2 is 1.76 bits per heavy atom. The number of aryl methyl sites for hydroxylation is 1. The van der Waals surface area contributed by atoms with Gasteiger partial charge in [-0.1, -0.05) is 36.4 Å². The van der Waals surface area contributed by atoms with Gasteiger partial charge < -0.3 is 23.5 Å². The number of carbonyl (C=O) groups is 2. The Hall–Kier alpha value is -3.59. The van der Waals surface area contributed by atoms with Crippen molar-refractivity contribution in [2.75, 3.05) is 9.80 Å². The molecule has 2 heterocycles. The summed E-state index contributed by atoms with van der Waals surface area (Å²) in [7, 11) is 0. The molecule has 41 heavy (non-hydrogen) atoms. The van der Waals surface area contributed by atoms with Crippen molar-refractivity contribution in [2.24, 2.45) is 0 Å². The first-order valence-electron chi connectivity index (χ1n) is 12.3. The average Bonchev–Trinajstić information content (AvgIpc) is 3.28. The molecule has 1 aromatic heterocycles. The minimum absolute atomic E-state index is 0. The zero-order chi connectivity index (χ0) is 28.2. The van der Waals surface area contributed by atoms with E-state index in [0.29, 0.717) is 5.56 Å². The van der Waals surface area contributed by atoms with Gasteiger partial charge in [0.05, 0.1) is 0 Å². The maximum absolute atomic E-state index is 14.1. The second-order valence-electron chi connectivity index (χ2n) is 9.25. The van der Waals surface area contributed by atoms with Gasteiger partial charge in [0.2, 0.25) is 17.8 Å². The molecule has 2 aromatic carbocycles. The van der Waals surface area contributed by atoms with Gasteiger partial charge in [0, 0.05) is 12.1 Å². The first-order valence-corrected chi connectivity index (χ1v) is 12.3. The molecule has 2 fully saturated rings. The van der Waals surface area contributed by atoms with E-state index in [1.54, 1.807) is 37.6 Å². The van der Waals surface area contributed by atoms with Crippen LogP contribution in [0.1, 0.15) is 42.9 Å². The van der Waals surface area contributed by atoms with Crippen molar-refractivity contribution in [2.45, 2.75) is 50.6 Å². The summed E-state index contributed by atoms with van der Waals surface area (Å²) < 4.78 is 50.9. The minimum Gasteiger partial charge on any atom is -0.540 e. The van der Waals surface area contributed by atoms with Gasteiger partial charge in [0.15, 0.2) is 5.92 Å². The van der Waals surface area contributed by atoms with Crippen molar-refractivity contribution in [1.82, 2.24) is 4.98 Å². The molecule has 2 aliphatic rings. The summed E-state index contributed by atoms with van der Waals surface area (Å²) in [6, 6.07) is 14.0. The topological polar surface area (TPSA) is 70.6 Å². The second kappa shape index (κ2) is 14.3. The first-order chi connectivity index (χ1) is 18.6. The Bertz CT molecular complexity index is 1370. The summed E-state index contributed by atoms with van der Waals surface area (Å²) in [4.78, 5) is 44.7. The standard InChI is InChI=1S/C25H20F2N3O3.C4H5F2.CH3.Ni/c1-16-6-2-3-9-19(16)21(15-31)29(18-8-4-7-17(26)14-18)25(33)20-12-13-24(32)30(20)23-11-5-10-22(27)28-23;5-4(6)2-1-3-4;;/h2-11,14,20-21H,12-13H2,1H3;1H,2-3H2;1H3;/q3*-1;+3/t20-,21+;;;/m0.../s1. The van der Waals surface area contributed by atoms with Gasteiger partial charge in [-0.25, -0.2) is 24.4 Å². The van der Waals surface area contributed by atoms with Crippen LogP contribution in [0.15, 0.2) is 66.7 Å². The van der Waals surface area contributed by atoms with Crippen LogP contribution in [-0.2, 0) is 30.9 Å². The summed E-state index contributed by atoms with van der Waals surface area (Å²) in [6.07, 6.45) is 3.67. The molecule has 11 heteroatoms. The Balaban J connectivity index is 0.000000654. The second-order valence-corrected chi connectivity index (χ2v) is 9.25. The molecule has 0 bridgehead atoms. The van der Waals surface area contributed by atoms with E-state index < -0.39 is 41.6 Å². The van der Waals surface area contributed by atoms with Gasteiger partial charge in [0.1, 0.15) is 17.7 Å². The zero-order valence-corrected chi connectivity index (χ0v) is 23.3. The number of hydrogen-bond acceptors (Lipinski definition) is 4. The number of benzene rings is 2. The number of alkyl halides is 2. The Morgan fingerprint density at radius 3 is 2.32 bits per heavy atom. The molecular weight excluding hydrogens is 585 g/mol. The fraction of sp³-hybridized carbons (Fsp3) is 0.267. The summed E-state index contributed by atoms with van der Waals surface area (Å²) >= 11 is 0. The largest absolute Gasteiger partial charge is 3.00 e. The van der Waals surface area contributed by atoms with E-state index in [0.717, 1.165) is 27.5 Å². The fourth-order valence-corrected chi connectivity index (χ4v) is 4.44. The monoisotopic (exact) mass is 612 g/mol. The maximum Gasteiger partial charge on any atom is 3.00 e. The van der Waals surface area contributed by atoms with Gasteiger partial charge >= 0.3 is 16.5 Å². The van der Waals surface area contributed by atoms with E-state index in [9.17, 15) is 31.9 Å². The number of aromatic nitrogens is 1. The predicted molar refractivity (Wildman–Crippen MR) is 143 cm³/mol. The molecule has 2 amide bonds. The van der Waals surface area contributed by atoms with Crippen LogP contribution in [0.25, 0.3) is 0 Å². The molecule has 1 radical (unpaired) electrons. The maximum atomic E-state index is 14.1. The molecule has 3 aromatic rings. The Kier molecular flexibility index (Phi) is 11.8. The third kappa shape index (κ3) is 7.79. The molecule has 1 aliphatic carbocycles. The molecule has 0 spiro atoms. The molecule has 1 saturated carbocycles. The van der Waals surface area contributed by atoms with Crippen molar-refractivity contribution in [1.29, 1.82) is 0 Å². The van der Waals surface area contributed by atoms with Crippen molar-refractivity contribution in [3.8, 4) is 0 Å². The SMILES string of the molecule is Cc1ccccc1[C@@H]([C-]=O)N(C(=O)[C@@H]1CCC(=O)N1c1cccc(F)n1)c1cccc(F)c1.FC1(F)C[CH-]C1.[CH3-].[Ni+3]. The van der Waals surface area contributed by atoms with Crippen LogP contribution in [-0.4, -0.2) is 35.0 Å². The predicted octanol–water partition coefficient (Wildman–Crippen LogP) is 6.12. The van der Waals surface area contributed by atoms with E-state index in [1.165, 1.54) is 30.3 Å². The van der Waals surface area contributed by atoms with Crippen LogP contribution in [0.4, 0.5) is 29.1 Å². The number of pyridine rings is 1. The van der Waals surface area contributed by atoms with Crippen molar-refractivity contribution in [3.63, 3.8) is 0 Å². The summed E-state index contributed by atoms with van der Waals surface area (Å²) in [6.45, 7) is 1.79. The van der Waals surface area contributed by atoms with Gasteiger partial charge in [-0.05, 0) is 60.8 Å². The van der Waals surface area contributed by atoms with Gasteiger partial charge in [-0.15, -0.1) is 12.8 Å². The Labute approximate surface area is 246 Å². The zero-order valence-electron chi connectivity index (χ0n) is 22.3. The fourth-order valence-electron chi connectivity index (χ4n) is 4.44. The molecule has 0 N–H and O–H groups in total. The number of hydrogen-bond donors (Lipinski definition) is 0. The first kappa shape index (κ1) is 33.6. The van der Waals surface area contributed by atoms with Crippen LogP contribution >= 0.6 is 0 Å². The minimum atomic E-state index is -2.33. The van der Waals surface area contributed by atoms with Gasteiger partial charge in [-0.2, -0.15) is 4.39 Å². The summed E-state index contributed by atoms with van der Waals surface area (Å²) in [5, 5.41) is 0. The third-order valence-electron chi connectivity index (χ3n) is 6.51. The molecule has 5 rings (SSSR count). The molecule has 1 aliphatic heterocycles. The number of rotatable bonds is 6. The van der Waals surface area contributed by atoms with E-state index in [1.807, 2.05) is 6.29 Å². The van der Waals surface area contributed by atoms with Crippen LogP contribution in [0, 0.1) is 32.5 Å². The number of carbonyl (C=O) groups excluding carboxylic acids is 3. The van der Waals surface area contributed by atoms with Crippen molar-refractivity contribution >= 4 is 29.6 Å². The summed E-state index contributed by atoms with van der Waals surface area (Å²) in [5.74, 6) is -4.73. The van der Waals surface area contributed by atoms with E-state index in [2.05, 4.69) is 4.98 Å². The van der Waals surface area contributed by atoms with Crippen LogP contribution in [0.3, 0.4) is 0 Å². The summed E-state index contributed by atoms with van der Waals surface area (Å²) in [5.41, 5.74) is 1.40. The third-order valence-corrected chi connectivity index (χ3v) is 6.51. The number of anilines is 2. The number of halogens is 4. The van der Waals surface area contributed by atoms with Crippen molar-refractivity contribution < 1.29 is 48.4 Å². The molecule has 0 unspecified atom stereocenters. The molecular formula is C30H28F4N3NiO3. The van der Waals surface area contributed by atoms with Gasteiger partial charge in [-0.3, -0.25) is 14.5 Å². The smallest absolute Gasteiger partial charge is 0.540 e.